The average molecular weight is 295 g/mol. The molecule has 0 bridgehead atoms. The Labute approximate surface area is 127 Å². The van der Waals surface area contributed by atoms with Gasteiger partial charge >= 0.3 is 0 Å². The molecule has 0 unspecified atom stereocenters. The molecule has 1 aromatic rings. The number of carbonyl (C=O) groups excluding carboxylic acids is 1. The van der Waals surface area contributed by atoms with E-state index in [0.29, 0.717) is 12.6 Å². The van der Waals surface area contributed by atoms with Crippen molar-refractivity contribution in [3.63, 3.8) is 0 Å². The predicted molar refractivity (Wildman–Crippen MR) is 84.0 cm³/mol. The van der Waals surface area contributed by atoms with Crippen LogP contribution < -0.4 is 5.32 Å². The summed E-state index contributed by atoms with van der Waals surface area (Å²) in [5, 5.41) is 11.7. The van der Waals surface area contributed by atoms with Crippen molar-refractivity contribution in [3.8, 4) is 0 Å². The Bertz CT molecular complexity index is 427. The Kier molecular flexibility index (Phi) is 7.36. The molecule has 0 aliphatic heterocycles. The molecule has 0 spiro atoms. The first-order valence-electron chi connectivity index (χ1n) is 7.77. The summed E-state index contributed by atoms with van der Waals surface area (Å²) in [5.74, 6) is 0.210. The molecule has 0 aliphatic rings. The molecule has 0 radical (unpaired) electrons. The highest BCUT2D eigenvalue weighted by Crippen LogP contribution is 2.02. The van der Waals surface area contributed by atoms with Crippen LogP contribution in [0, 0.1) is 5.92 Å². The van der Waals surface area contributed by atoms with Gasteiger partial charge in [0.1, 0.15) is 0 Å². The van der Waals surface area contributed by atoms with Gasteiger partial charge in [-0.25, -0.2) is 0 Å². The molecule has 21 heavy (non-hydrogen) atoms. The lowest BCUT2D eigenvalue weighted by atomic mass is 10.2. The van der Waals surface area contributed by atoms with Crippen molar-refractivity contribution in [1.82, 2.24) is 25.2 Å². The molecule has 1 rings (SSSR count). The van der Waals surface area contributed by atoms with E-state index in [-0.39, 0.29) is 11.8 Å². The van der Waals surface area contributed by atoms with E-state index >= 15 is 0 Å². The highest BCUT2D eigenvalue weighted by Gasteiger charge is 2.13. The SMILES string of the molecule is CC(C)NCCCn1cc(CCN(C)C(=O)C(C)C)nn1. The number of rotatable bonds is 9. The van der Waals surface area contributed by atoms with Gasteiger partial charge in [0.2, 0.25) is 5.91 Å². The number of nitrogens with zero attached hydrogens (tertiary/aromatic N) is 4. The molecule has 1 amide bonds. The van der Waals surface area contributed by atoms with Crippen LogP contribution in [0.4, 0.5) is 0 Å². The fourth-order valence-corrected chi connectivity index (χ4v) is 2.03. The molecule has 1 aromatic heterocycles. The maximum absolute atomic E-state index is 11.8. The number of aryl methyl sites for hydroxylation is 1. The lowest BCUT2D eigenvalue weighted by Gasteiger charge is -2.18. The summed E-state index contributed by atoms with van der Waals surface area (Å²) in [6, 6.07) is 0.519. The molecule has 1 N–H and O–H groups in total. The Morgan fingerprint density at radius 3 is 2.71 bits per heavy atom. The molecule has 0 aromatic carbocycles. The summed E-state index contributed by atoms with van der Waals surface area (Å²) in [6.45, 7) is 10.7. The lowest BCUT2D eigenvalue weighted by molar-refractivity contribution is -0.133. The van der Waals surface area contributed by atoms with Crippen molar-refractivity contribution in [3.05, 3.63) is 11.9 Å². The van der Waals surface area contributed by atoms with Gasteiger partial charge in [-0.3, -0.25) is 9.48 Å². The second kappa shape index (κ2) is 8.77. The van der Waals surface area contributed by atoms with E-state index in [1.807, 2.05) is 31.8 Å². The van der Waals surface area contributed by atoms with Crippen molar-refractivity contribution in [2.24, 2.45) is 5.92 Å². The largest absolute Gasteiger partial charge is 0.345 e. The summed E-state index contributed by atoms with van der Waals surface area (Å²) < 4.78 is 1.88. The molecule has 120 valence electrons. The smallest absolute Gasteiger partial charge is 0.224 e. The minimum Gasteiger partial charge on any atom is -0.345 e. The molecule has 0 fully saturated rings. The lowest BCUT2D eigenvalue weighted by Crippen LogP contribution is -2.32. The first kappa shape index (κ1) is 17.6. The van der Waals surface area contributed by atoms with Crippen molar-refractivity contribution < 1.29 is 4.79 Å². The first-order valence-corrected chi connectivity index (χ1v) is 7.77. The van der Waals surface area contributed by atoms with Crippen LogP contribution in [0.2, 0.25) is 0 Å². The van der Waals surface area contributed by atoms with Gasteiger partial charge in [0, 0.05) is 44.7 Å². The van der Waals surface area contributed by atoms with Crippen LogP contribution in [-0.4, -0.2) is 52.0 Å². The second-order valence-electron chi connectivity index (χ2n) is 6.10. The highest BCUT2D eigenvalue weighted by molar-refractivity contribution is 5.77. The van der Waals surface area contributed by atoms with E-state index in [0.717, 1.165) is 31.6 Å². The molecular weight excluding hydrogens is 266 g/mol. The predicted octanol–water partition coefficient (Wildman–Crippen LogP) is 1.32. The van der Waals surface area contributed by atoms with Crippen LogP contribution in [-0.2, 0) is 17.8 Å². The summed E-state index contributed by atoms with van der Waals surface area (Å²) in [7, 11) is 1.84. The van der Waals surface area contributed by atoms with Crippen LogP contribution in [0.15, 0.2) is 6.20 Å². The second-order valence-corrected chi connectivity index (χ2v) is 6.10. The Hall–Kier alpha value is -1.43. The standard InChI is InChI=1S/C15H29N5O/c1-12(2)15(21)19(5)10-7-14-11-20(18-17-14)9-6-8-16-13(3)4/h11-13,16H,6-10H2,1-5H3. The minimum absolute atomic E-state index is 0.0409. The zero-order valence-electron chi connectivity index (χ0n) is 14.0. The molecule has 6 heteroatoms. The summed E-state index contributed by atoms with van der Waals surface area (Å²) >= 11 is 0. The van der Waals surface area contributed by atoms with Crippen LogP contribution in [0.1, 0.15) is 39.8 Å². The topological polar surface area (TPSA) is 63.1 Å². The van der Waals surface area contributed by atoms with E-state index < -0.39 is 0 Å². The molecule has 0 saturated heterocycles. The van der Waals surface area contributed by atoms with Crippen LogP contribution in [0.25, 0.3) is 0 Å². The molecule has 0 aliphatic carbocycles. The van der Waals surface area contributed by atoms with Gasteiger partial charge in [-0.1, -0.05) is 32.9 Å². The fraction of sp³-hybridized carbons (Fsp3) is 0.800. The Balaban J connectivity index is 2.30. The highest BCUT2D eigenvalue weighted by atomic mass is 16.2. The van der Waals surface area contributed by atoms with E-state index in [1.165, 1.54) is 0 Å². The molecule has 0 saturated carbocycles. The van der Waals surface area contributed by atoms with Crippen molar-refractivity contribution in [2.75, 3.05) is 20.1 Å². The number of likely N-dealkylation sites (N-methyl/N-ethyl adjacent to an activating group) is 1. The van der Waals surface area contributed by atoms with Crippen molar-refractivity contribution >= 4 is 5.91 Å². The number of carbonyl (C=O) groups is 1. The first-order chi connectivity index (χ1) is 9.90. The third kappa shape index (κ3) is 6.71. The van der Waals surface area contributed by atoms with E-state index in [1.54, 1.807) is 4.90 Å². The number of amides is 1. The summed E-state index contributed by atoms with van der Waals surface area (Å²) in [4.78, 5) is 13.5. The van der Waals surface area contributed by atoms with Crippen LogP contribution in [0.5, 0.6) is 0 Å². The Morgan fingerprint density at radius 1 is 1.38 bits per heavy atom. The summed E-state index contributed by atoms with van der Waals surface area (Å²) in [6.07, 6.45) is 3.76. The normalized spacial score (nSPS) is 11.4. The quantitative estimate of drug-likeness (QED) is 0.698. The van der Waals surface area contributed by atoms with Crippen LogP contribution in [0.3, 0.4) is 0 Å². The molecule has 0 atom stereocenters. The monoisotopic (exact) mass is 295 g/mol. The van der Waals surface area contributed by atoms with Gasteiger partial charge in [-0.15, -0.1) is 5.10 Å². The minimum atomic E-state index is 0.0409. The van der Waals surface area contributed by atoms with Gasteiger partial charge in [0.25, 0.3) is 0 Å². The third-order valence-corrected chi connectivity index (χ3v) is 3.28. The number of hydrogen-bond donors (Lipinski definition) is 1. The Morgan fingerprint density at radius 2 is 2.10 bits per heavy atom. The fourth-order valence-electron chi connectivity index (χ4n) is 2.03. The van der Waals surface area contributed by atoms with Crippen LogP contribution >= 0.6 is 0 Å². The van der Waals surface area contributed by atoms with E-state index in [4.69, 9.17) is 0 Å². The van der Waals surface area contributed by atoms with Gasteiger partial charge in [-0.05, 0) is 13.0 Å². The van der Waals surface area contributed by atoms with Gasteiger partial charge < -0.3 is 10.2 Å². The zero-order chi connectivity index (χ0) is 15.8. The van der Waals surface area contributed by atoms with Gasteiger partial charge in [0.05, 0.1) is 5.69 Å². The zero-order valence-corrected chi connectivity index (χ0v) is 14.0. The third-order valence-electron chi connectivity index (χ3n) is 3.28. The number of nitrogens with one attached hydrogen (secondary N) is 1. The summed E-state index contributed by atoms with van der Waals surface area (Å²) in [5.41, 5.74) is 0.940. The average Bonchev–Trinajstić information content (AvgIpc) is 2.87. The van der Waals surface area contributed by atoms with E-state index in [9.17, 15) is 4.79 Å². The molecule has 1 heterocycles. The van der Waals surface area contributed by atoms with Gasteiger partial charge in [-0.2, -0.15) is 0 Å². The maximum Gasteiger partial charge on any atom is 0.224 e. The maximum atomic E-state index is 11.8. The van der Waals surface area contributed by atoms with Gasteiger partial charge in [0.15, 0.2) is 0 Å². The van der Waals surface area contributed by atoms with Crippen molar-refractivity contribution in [2.45, 2.75) is 53.1 Å². The van der Waals surface area contributed by atoms with E-state index in [2.05, 4.69) is 29.5 Å². The number of hydrogen-bond acceptors (Lipinski definition) is 4. The molecule has 6 nitrogen and oxygen atoms in total. The van der Waals surface area contributed by atoms with Crippen molar-refractivity contribution in [1.29, 1.82) is 0 Å². The number of aromatic nitrogens is 3. The molecular formula is C15H29N5O.